The van der Waals surface area contributed by atoms with Crippen LogP contribution in [0.2, 0.25) is 0 Å². The molecule has 0 spiro atoms. The Morgan fingerprint density at radius 2 is 1.00 bits per heavy atom. The number of hydrogen-bond acceptors (Lipinski definition) is 12. The predicted molar refractivity (Wildman–Crippen MR) is 55.0 cm³/mol. The van der Waals surface area contributed by atoms with Crippen molar-refractivity contribution in [1.29, 1.82) is 0 Å². The van der Waals surface area contributed by atoms with Crippen LogP contribution in [0.4, 0.5) is 0 Å². The van der Waals surface area contributed by atoms with Crippen LogP contribution in [0, 0.1) is 0 Å². The number of hydrogen-bond donors (Lipinski definition) is 2. The summed E-state index contributed by atoms with van der Waals surface area (Å²) in [5.74, 6) is -6.30. The first kappa shape index (κ1) is 29.3. The monoisotopic (exact) mass is 344 g/mol. The molecule has 0 fully saturated rings. The number of carbonyl (C=O) groups is 4. The molecular formula is C8H8Mg2O12. The maximum absolute atomic E-state index is 9.97. The summed E-state index contributed by atoms with van der Waals surface area (Å²) in [4.78, 5) is 44.8. The van der Waals surface area contributed by atoms with Crippen LogP contribution in [0.5, 0.6) is 0 Å². The van der Waals surface area contributed by atoms with E-state index >= 15 is 0 Å². The van der Waals surface area contributed by atoms with Gasteiger partial charge in [-0.1, -0.05) is 0 Å². The maximum Gasteiger partial charge on any atom is 2.00 e. The summed E-state index contributed by atoms with van der Waals surface area (Å²) in [6.07, 6.45) is -5.72. The van der Waals surface area contributed by atoms with E-state index in [2.05, 4.69) is 9.78 Å². The Morgan fingerprint density at radius 3 is 1.14 bits per heavy atom. The Labute approximate surface area is 154 Å². The van der Waals surface area contributed by atoms with Crippen molar-refractivity contribution >= 4 is 70.0 Å². The minimum atomic E-state index is -1.93. The maximum atomic E-state index is 9.97. The van der Waals surface area contributed by atoms with Gasteiger partial charge < -0.3 is 50.3 Å². The molecule has 12 nitrogen and oxygen atoms in total. The summed E-state index contributed by atoms with van der Waals surface area (Å²) in [5.41, 5.74) is 0. The van der Waals surface area contributed by atoms with Crippen LogP contribution in [0.15, 0.2) is 0 Å². The van der Waals surface area contributed by atoms with Crippen molar-refractivity contribution in [2.45, 2.75) is 25.0 Å². The third kappa shape index (κ3) is 17.3. The third-order valence-corrected chi connectivity index (χ3v) is 1.43. The van der Waals surface area contributed by atoms with Gasteiger partial charge in [0.1, 0.15) is 0 Å². The molecule has 0 saturated heterocycles. The van der Waals surface area contributed by atoms with Crippen molar-refractivity contribution in [1.82, 2.24) is 0 Å². The van der Waals surface area contributed by atoms with Crippen LogP contribution in [-0.2, 0) is 29.0 Å². The Morgan fingerprint density at radius 1 is 0.773 bits per heavy atom. The van der Waals surface area contributed by atoms with Gasteiger partial charge in [-0.15, -0.1) is 0 Å². The summed E-state index contributed by atoms with van der Waals surface area (Å²) in [5, 5.41) is 54.5. The Hall–Kier alpha value is -0.748. The van der Waals surface area contributed by atoms with E-state index in [0.717, 1.165) is 0 Å². The van der Waals surface area contributed by atoms with Crippen LogP contribution in [-0.4, -0.2) is 92.4 Å². The molecule has 0 aromatic rings. The molecule has 2 N–H and O–H groups in total. The molecule has 14 heteroatoms. The van der Waals surface area contributed by atoms with Crippen LogP contribution >= 0.6 is 0 Å². The molecule has 22 heavy (non-hydrogen) atoms. The van der Waals surface area contributed by atoms with E-state index in [0.29, 0.717) is 0 Å². The molecule has 2 atom stereocenters. The minimum absolute atomic E-state index is 0. The Balaban J connectivity index is -0.000000135. The standard InChI is InChI=1S/2C4H6O6.2Mg/c2*5-2(1-3(6)7)4(8)10-9;;/h2*2,5,9H,1H2,(H,6,7);;/q;;2*+2/p-4. The van der Waals surface area contributed by atoms with Gasteiger partial charge in [-0.05, 0) is 0 Å². The van der Waals surface area contributed by atoms with Gasteiger partial charge in [-0.25, -0.2) is 9.59 Å². The molecule has 0 aromatic heterocycles. The van der Waals surface area contributed by atoms with E-state index in [1.165, 1.54) is 0 Å². The predicted octanol–water partition coefficient (Wildman–Crippen LogP) is -8.15. The fraction of sp³-hybridized carbons (Fsp3) is 0.500. The number of carboxylic acid groups (broad SMARTS) is 2. The van der Waals surface area contributed by atoms with Crippen molar-refractivity contribution in [3.05, 3.63) is 0 Å². The fourth-order valence-corrected chi connectivity index (χ4v) is 0.593. The van der Waals surface area contributed by atoms with Gasteiger partial charge in [0.25, 0.3) is 0 Å². The molecule has 0 saturated carbocycles. The fourth-order valence-electron chi connectivity index (χ4n) is 0.593. The van der Waals surface area contributed by atoms with Gasteiger partial charge in [0.15, 0.2) is 12.2 Å². The zero-order chi connectivity index (χ0) is 16.3. The van der Waals surface area contributed by atoms with Crippen LogP contribution in [0.25, 0.3) is 0 Å². The topological polar surface area (TPSA) is 219 Å². The molecule has 0 aliphatic heterocycles. The van der Waals surface area contributed by atoms with Gasteiger partial charge in [-0.2, -0.15) is 0 Å². The summed E-state index contributed by atoms with van der Waals surface area (Å²) in [6, 6.07) is 0. The van der Waals surface area contributed by atoms with Crippen molar-refractivity contribution in [3.63, 3.8) is 0 Å². The molecule has 0 rings (SSSR count). The summed E-state index contributed by atoms with van der Waals surface area (Å²) < 4.78 is 0. The molecule has 0 radical (unpaired) electrons. The number of carbonyl (C=O) groups excluding carboxylic acids is 4. The molecule has 0 bridgehead atoms. The second-order valence-corrected chi connectivity index (χ2v) is 2.99. The second kappa shape index (κ2) is 16.6. The first-order valence-electron chi connectivity index (χ1n) is 4.58. The largest absolute Gasteiger partial charge is 2.00 e. The first-order chi connectivity index (χ1) is 9.15. The van der Waals surface area contributed by atoms with Crippen molar-refractivity contribution < 1.29 is 59.9 Å². The third-order valence-electron chi connectivity index (χ3n) is 1.43. The molecule has 116 valence electrons. The summed E-state index contributed by atoms with van der Waals surface area (Å²) in [6.45, 7) is 0. The average Bonchev–Trinajstić information content (AvgIpc) is 2.35. The zero-order valence-electron chi connectivity index (χ0n) is 11.0. The van der Waals surface area contributed by atoms with Crippen LogP contribution < -0.4 is 20.7 Å². The first-order valence-corrected chi connectivity index (χ1v) is 4.58. The number of rotatable bonds is 6. The van der Waals surface area contributed by atoms with E-state index in [-0.39, 0.29) is 46.1 Å². The van der Waals surface area contributed by atoms with Gasteiger partial charge in [0, 0.05) is 24.8 Å². The Bertz CT molecular complexity index is 325. The normalized spacial score (nSPS) is 11.1. The van der Waals surface area contributed by atoms with E-state index in [1.807, 2.05) is 0 Å². The smallest absolute Gasteiger partial charge is 0.662 e. The molecule has 2 unspecified atom stereocenters. The number of carboxylic acids is 2. The molecule has 0 aliphatic rings. The summed E-state index contributed by atoms with van der Waals surface area (Å²) in [7, 11) is 0. The van der Waals surface area contributed by atoms with Gasteiger partial charge >= 0.3 is 58.0 Å². The number of aliphatic hydroxyl groups excluding tert-OH is 2. The van der Waals surface area contributed by atoms with E-state index in [9.17, 15) is 39.9 Å². The molecular weight excluding hydrogens is 337 g/mol. The SMILES string of the molecule is O=C([O-])CC(O)C(=O)O[O-].O=C([O-])CC(O)C(=O)O[O-].[Mg+2].[Mg+2]. The number of aliphatic hydroxyl groups is 2. The van der Waals surface area contributed by atoms with E-state index in [4.69, 9.17) is 10.2 Å². The summed E-state index contributed by atoms with van der Waals surface area (Å²) >= 11 is 0. The van der Waals surface area contributed by atoms with Gasteiger partial charge in [0.05, 0.1) is 0 Å². The molecule has 0 amide bonds. The minimum Gasteiger partial charge on any atom is -0.662 e. The van der Waals surface area contributed by atoms with Gasteiger partial charge in [0.2, 0.25) is 0 Å². The molecule has 0 heterocycles. The van der Waals surface area contributed by atoms with Crippen LogP contribution in [0.3, 0.4) is 0 Å². The number of aliphatic carboxylic acids is 2. The van der Waals surface area contributed by atoms with Crippen LogP contribution in [0.1, 0.15) is 12.8 Å². The van der Waals surface area contributed by atoms with Crippen molar-refractivity contribution in [2.75, 3.05) is 0 Å². The van der Waals surface area contributed by atoms with Crippen molar-refractivity contribution in [2.24, 2.45) is 0 Å². The van der Waals surface area contributed by atoms with E-state index in [1.54, 1.807) is 0 Å². The molecule has 0 aliphatic carbocycles. The second-order valence-electron chi connectivity index (χ2n) is 2.99. The van der Waals surface area contributed by atoms with E-state index < -0.39 is 48.9 Å². The average molecular weight is 345 g/mol. The molecule has 0 aromatic carbocycles. The Kier molecular flexibility index (Phi) is 22.1. The quantitative estimate of drug-likeness (QED) is 0.260. The van der Waals surface area contributed by atoms with Crippen molar-refractivity contribution in [3.8, 4) is 0 Å². The van der Waals surface area contributed by atoms with Gasteiger partial charge in [-0.3, -0.25) is 0 Å². The zero-order valence-corrected chi connectivity index (χ0v) is 13.8.